The number of esters is 1. The van der Waals surface area contributed by atoms with Crippen LogP contribution in [0.25, 0.3) is 0 Å². The van der Waals surface area contributed by atoms with Gasteiger partial charge in [0.25, 0.3) is 5.91 Å². The molecule has 0 atom stereocenters. The summed E-state index contributed by atoms with van der Waals surface area (Å²) in [7, 11) is 0. The van der Waals surface area contributed by atoms with Gasteiger partial charge in [0.2, 0.25) is 5.91 Å². The molecule has 0 saturated carbocycles. The first-order valence-electron chi connectivity index (χ1n) is 8.41. The van der Waals surface area contributed by atoms with Crippen molar-refractivity contribution in [1.29, 1.82) is 0 Å². The van der Waals surface area contributed by atoms with Gasteiger partial charge in [-0.1, -0.05) is 42.5 Å². The molecule has 6 nitrogen and oxygen atoms in total. The lowest BCUT2D eigenvalue weighted by Gasteiger charge is -2.14. The summed E-state index contributed by atoms with van der Waals surface area (Å²) in [6.45, 7) is 0.232. The van der Waals surface area contributed by atoms with Crippen LogP contribution in [0.5, 0.6) is 5.75 Å². The van der Waals surface area contributed by atoms with Crippen molar-refractivity contribution in [2.75, 3.05) is 13.2 Å². The van der Waals surface area contributed by atoms with Gasteiger partial charge in [0.05, 0.1) is 0 Å². The van der Waals surface area contributed by atoms with Crippen LogP contribution in [0.1, 0.15) is 28.8 Å². The van der Waals surface area contributed by atoms with Crippen molar-refractivity contribution in [3.63, 3.8) is 0 Å². The number of hydrogen-bond donors (Lipinski definition) is 0. The second kappa shape index (κ2) is 8.29. The summed E-state index contributed by atoms with van der Waals surface area (Å²) < 4.78 is 10.8. The Balaban J connectivity index is 1.60. The molecule has 1 saturated heterocycles. The molecule has 0 N–H and O–H groups in total. The third kappa shape index (κ3) is 4.27. The number of hydrogen-bond acceptors (Lipinski definition) is 5. The smallest absolute Gasteiger partial charge is 0.342 e. The van der Waals surface area contributed by atoms with Gasteiger partial charge in [-0.2, -0.15) is 0 Å². The van der Waals surface area contributed by atoms with Gasteiger partial charge in [0, 0.05) is 13.0 Å². The summed E-state index contributed by atoms with van der Waals surface area (Å²) in [4.78, 5) is 37.0. The molecule has 0 spiro atoms. The van der Waals surface area contributed by atoms with Crippen molar-refractivity contribution in [3.8, 4) is 5.75 Å². The molecule has 2 aromatic carbocycles. The van der Waals surface area contributed by atoms with Crippen LogP contribution in [0.15, 0.2) is 54.6 Å². The normalized spacial score (nSPS) is 13.5. The summed E-state index contributed by atoms with van der Waals surface area (Å²) in [5.41, 5.74) is 1.21. The fourth-order valence-corrected chi connectivity index (χ4v) is 2.69. The van der Waals surface area contributed by atoms with Gasteiger partial charge in [-0.25, -0.2) is 4.79 Å². The highest BCUT2D eigenvalue weighted by molar-refractivity contribution is 5.99. The van der Waals surface area contributed by atoms with Gasteiger partial charge in [0.15, 0.2) is 6.61 Å². The lowest BCUT2D eigenvalue weighted by atomic mass is 10.2. The predicted molar refractivity (Wildman–Crippen MR) is 93.5 cm³/mol. The van der Waals surface area contributed by atoms with E-state index in [0.29, 0.717) is 31.7 Å². The molecule has 0 radical (unpaired) electrons. The number of carbonyl (C=O) groups excluding carboxylic acids is 3. The van der Waals surface area contributed by atoms with Crippen molar-refractivity contribution in [2.45, 2.75) is 19.4 Å². The zero-order valence-electron chi connectivity index (χ0n) is 14.2. The number of carbonyl (C=O) groups is 3. The van der Waals surface area contributed by atoms with Crippen LogP contribution in [-0.2, 0) is 20.9 Å². The number of likely N-dealkylation sites (tertiary alicyclic amines) is 1. The molecular weight excluding hydrogens is 334 g/mol. The molecule has 134 valence electrons. The summed E-state index contributed by atoms with van der Waals surface area (Å²) in [6, 6.07) is 16.3. The van der Waals surface area contributed by atoms with E-state index < -0.39 is 18.5 Å². The SMILES string of the molecule is O=C(OCC(=O)N1CCCC1=O)c1ccccc1OCc1ccccc1. The molecule has 2 amide bonds. The predicted octanol–water partition coefficient (Wildman–Crippen LogP) is 2.57. The van der Waals surface area contributed by atoms with Crippen LogP contribution < -0.4 is 4.74 Å². The second-order valence-corrected chi connectivity index (χ2v) is 5.89. The van der Waals surface area contributed by atoms with Crippen molar-refractivity contribution in [1.82, 2.24) is 4.90 Å². The van der Waals surface area contributed by atoms with E-state index in [2.05, 4.69) is 0 Å². The minimum Gasteiger partial charge on any atom is -0.488 e. The lowest BCUT2D eigenvalue weighted by molar-refractivity contribution is -0.143. The average Bonchev–Trinajstić information content (AvgIpc) is 3.11. The number of para-hydroxylation sites is 1. The highest BCUT2D eigenvalue weighted by atomic mass is 16.5. The van der Waals surface area contributed by atoms with Crippen LogP contribution in [0.4, 0.5) is 0 Å². The van der Waals surface area contributed by atoms with Crippen molar-refractivity contribution < 1.29 is 23.9 Å². The van der Waals surface area contributed by atoms with E-state index >= 15 is 0 Å². The zero-order valence-corrected chi connectivity index (χ0v) is 14.2. The summed E-state index contributed by atoms with van der Waals surface area (Å²) in [6.07, 6.45) is 1.00. The van der Waals surface area contributed by atoms with Gasteiger partial charge in [0.1, 0.15) is 17.9 Å². The Morgan fingerprint density at radius 1 is 1.00 bits per heavy atom. The maximum Gasteiger partial charge on any atom is 0.342 e. The number of ether oxygens (including phenoxy) is 2. The van der Waals surface area contributed by atoms with E-state index in [4.69, 9.17) is 9.47 Å². The molecule has 0 aromatic heterocycles. The monoisotopic (exact) mass is 353 g/mol. The number of nitrogens with zero attached hydrogens (tertiary/aromatic N) is 1. The van der Waals surface area contributed by atoms with Crippen LogP contribution in [0.2, 0.25) is 0 Å². The van der Waals surface area contributed by atoms with E-state index in [-0.39, 0.29) is 11.5 Å². The standard InChI is InChI=1S/C20H19NO5/c22-18-11-6-12-21(18)19(23)14-26-20(24)16-9-4-5-10-17(16)25-13-15-7-2-1-3-8-15/h1-5,7-10H,6,11-14H2. The highest BCUT2D eigenvalue weighted by Crippen LogP contribution is 2.20. The van der Waals surface area contributed by atoms with E-state index in [1.807, 2.05) is 30.3 Å². The molecule has 1 aliphatic rings. The zero-order chi connectivity index (χ0) is 18.4. The van der Waals surface area contributed by atoms with Crippen LogP contribution >= 0.6 is 0 Å². The number of amides is 2. The quantitative estimate of drug-likeness (QED) is 0.747. The minimum absolute atomic E-state index is 0.224. The number of benzene rings is 2. The Morgan fingerprint density at radius 2 is 1.73 bits per heavy atom. The second-order valence-electron chi connectivity index (χ2n) is 5.89. The number of rotatable bonds is 6. The Kier molecular flexibility index (Phi) is 5.63. The topological polar surface area (TPSA) is 72.9 Å². The Morgan fingerprint density at radius 3 is 2.46 bits per heavy atom. The van der Waals surface area contributed by atoms with Crippen molar-refractivity contribution >= 4 is 17.8 Å². The van der Waals surface area contributed by atoms with Crippen LogP contribution in [0, 0.1) is 0 Å². The van der Waals surface area contributed by atoms with Gasteiger partial charge in [-0.15, -0.1) is 0 Å². The first-order chi connectivity index (χ1) is 12.6. The number of imide groups is 1. The summed E-state index contributed by atoms with van der Waals surface area (Å²) in [5.74, 6) is -0.999. The minimum atomic E-state index is -0.659. The largest absolute Gasteiger partial charge is 0.488 e. The van der Waals surface area contributed by atoms with Crippen LogP contribution in [0.3, 0.4) is 0 Å². The molecule has 6 heteroatoms. The molecule has 1 fully saturated rings. The first kappa shape index (κ1) is 17.7. The molecular formula is C20H19NO5. The van der Waals surface area contributed by atoms with Gasteiger partial charge < -0.3 is 9.47 Å². The third-order valence-electron chi connectivity index (χ3n) is 4.05. The molecule has 0 unspecified atom stereocenters. The molecule has 2 aromatic rings. The Labute approximate surface area is 151 Å². The Hall–Kier alpha value is -3.15. The van der Waals surface area contributed by atoms with Gasteiger partial charge in [-0.05, 0) is 24.1 Å². The Bertz CT molecular complexity index is 803. The molecule has 0 aliphatic carbocycles. The molecule has 26 heavy (non-hydrogen) atoms. The fourth-order valence-electron chi connectivity index (χ4n) is 2.69. The lowest BCUT2D eigenvalue weighted by Crippen LogP contribution is -2.35. The fraction of sp³-hybridized carbons (Fsp3) is 0.250. The highest BCUT2D eigenvalue weighted by Gasteiger charge is 2.27. The summed E-state index contributed by atoms with van der Waals surface area (Å²) >= 11 is 0. The average molecular weight is 353 g/mol. The van der Waals surface area contributed by atoms with Gasteiger partial charge in [-0.3, -0.25) is 14.5 Å². The first-order valence-corrected chi connectivity index (χ1v) is 8.41. The molecule has 0 bridgehead atoms. The van der Waals surface area contributed by atoms with E-state index in [1.165, 1.54) is 0 Å². The van der Waals surface area contributed by atoms with Crippen molar-refractivity contribution in [3.05, 3.63) is 65.7 Å². The van der Waals surface area contributed by atoms with E-state index in [9.17, 15) is 14.4 Å². The maximum absolute atomic E-state index is 12.3. The molecule has 1 heterocycles. The van der Waals surface area contributed by atoms with E-state index in [1.54, 1.807) is 24.3 Å². The molecule has 3 rings (SSSR count). The van der Waals surface area contributed by atoms with Crippen molar-refractivity contribution in [2.24, 2.45) is 0 Å². The maximum atomic E-state index is 12.3. The third-order valence-corrected chi connectivity index (χ3v) is 4.05. The molecule has 1 aliphatic heterocycles. The van der Waals surface area contributed by atoms with E-state index in [0.717, 1.165) is 10.5 Å². The van der Waals surface area contributed by atoms with Crippen LogP contribution in [-0.4, -0.2) is 35.8 Å². The summed E-state index contributed by atoms with van der Waals surface area (Å²) in [5, 5.41) is 0. The van der Waals surface area contributed by atoms with Gasteiger partial charge >= 0.3 is 5.97 Å².